The number of ketones is 1. The van der Waals surface area contributed by atoms with Gasteiger partial charge in [-0.15, -0.1) is 11.6 Å². The largest absolute Gasteiger partial charge is 0.479 e. The van der Waals surface area contributed by atoms with Crippen LogP contribution in [0.2, 0.25) is 0 Å². The van der Waals surface area contributed by atoms with E-state index in [9.17, 15) is 14.7 Å². The second kappa shape index (κ2) is 6.31. The number of benzene rings is 1. The quantitative estimate of drug-likeness (QED) is 0.640. The number of Topliss-reactive ketones (excluding diaryl/α,β-unsaturated/α-hetero) is 1. The number of hydrogen-bond acceptors (Lipinski definition) is 3. The monoisotopic (exact) mass is 334 g/mol. The summed E-state index contributed by atoms with van der Waals surface area (Å²) in [5.74, 6) is -1.68. The number of aliphatic hydroxyl groups is 1. The number of carbonyl (C=O) groups excluding carboxylic acids is 1. The Bertz CT molecular complexity index is 473. The maximum Gasteiger partial charge on any atom is 0.337 e. The van der Waals surface area contributed by atoms with Gasteiger partial charge in [0.05, 0.1) is 4.83 Å². The van der Waals surface area contributed by atoms with Gasteiger partial charge in [-0.1, -0.05) is 34.1 Å². The molecule has 6 heteroatoms. The smallest absolute Gasteiger partial charge is 0.337 e. The Morgan fingerprint density at radius 1 is 1.44 bits per heavy atom. The van der Waals surface area contributed by atoms with Gasteiger partial charge in [-0.05, 0) is 12.5 Å². The van der Waals surface area contributed by atoms with E-state index in [1.807, 2.05) is 0 Å². The molecule has 0 aliphatic carbocycles. The summed E-state index contributed by atoms with van der Waals surface area (Å²) in [5, 5.41) is 18.6. The molecule has 0 radical (unpaired) electrons. The minimum atomic E-state index is -1.76. The van der Waals surface area contributed by atoms with Crippen LogP contribution < -0.4 is 0 Å². The average Bonchev–Trinajstić information content (AvgIpc) is 2.35. The summed E-state index contributed by atoms with van der Waals surface area (Å²) >= 11 is 8.84. The van der Waals surface area contributed by atoms with E-state index in [-0.39, 0.29) is 22.8 Å². The van der Waals surface area contributed by atoms with E-state index in [0.29, 0.717) is 5.56 Å². The molecule has 2 N–H and O–H groups in total. The van der Waals surface area contributed by atoms with Gasteiger partial charge in [-0.3, -0.25) is 4.79 Å². The maximum absolute atomic E-state index is 12.0. The highest BCUT2D eigenvalue weighted by atomic mass is 79.9. The summed E-state index contributed by atoms with van der Waals surface area (Å²) in [4.78, 5) is 22.4. The van der Waals surface area contributed by atoms with E-state index in [2.05, 4.69) is 15.9 Å². The van der Waals surface area contributed by atoms with E-state index in [4.69, 9.17) is 16.7 Å². The second-order valence-corrected chi connectivity index (χ2v) is 5.37. The Labute approximate surface area is 118 Å². The van der Waals surface area contributed by atoms with Gasteiger partial charge in [0.2, 0.25) is 0 Å². The molecule has 18 heavy (non-hydrogen) atoms. The number of carboxylic acid groups (broad SMARTS) is 1. The molecule has 0 bridgehead atoms. The van der Waals surface area contributed by atoms with Crippen molar-refractivity contribution in [1.29, 1.82) is 0 Å². The molecule has 0 saturated heterocycles. The predicted molar refractivity (Wildman–Crippen MR) is 71.3 cm³/mol. The third-order valence-corrected chi connectivity index (χ3v) is 3.18. The van der Waals surface area contributed by atoms with Gasteiger partial charge >= 0.3 is 5.97 Å². The van der Waals surface area contributed by atoms with Crippen LogP contribution in [0.3, 0.4) is 0 Å². The molecule has 0 amide bonds. The molecular formula is C12H12BrClO4. The van der Waals surface area contributed by atoms with Crippen LogP contribution in [0.25, 0.3) is 0 Å². The molecule has 0 aliphatic heterocycles. The summed E-state index contributed by atoms with van der Waals surface area (Å²) in [6.45, 7) is 1.63. The van der Waals surface area contributed by atoms with Gasteiger partial charge in [0.15, 0.2) is 11.9 Å². The van der Waals surface area contributed by atoms with Crippen molar-refractivity contribution >= 4 is 39.3 Å². The van der Waals surface area contributed by atoms with E-state index in [0.717, 1.165) is 0 Å². The first kappa shape index (κ1) is 15.1. The average molecular weight is 336 g/mol. The van der Waals surface area contributed by atoms with Gasteiger partial charge in [0, 0.05) is 17.0 Å². The number of aliphatic hydroxyl groups excluding tert-OH is 1. The molecule has 1 aromatic carbocycles. The number of rotatable bonds is 5. The number of hydrogen-bond donors (Lipinski definition) is 2. The van der Waals surface area contributed by atoms with E-state index in [1.54, 1.807) is 19.1 Å². The van der Waals surface area contributed by atoms with Gasteiger partial charge in [0.1, 0.15) is 0 Å². The van der Waals surface area contributed by atoms with E-state index in [1.165, 1.54) is 6.07 Å². The molecule has 2 atom stereocenters. The summed E-state index contributed by atoms with van der Waals surface area (Å²) < 4.78 is 0. The van der Waals surface area contributed by atoms with Crippen molar-refractivity contribution in [2.24, 2.45) is 0 Å². The fourth-order valence-electron chi connectivity index (χ4n) is 1.61. The molecule has 98 valence electrons. The lowest BCUT2D eigenvalue weighted by Crippen LogP contribution is -2.20. The lowest BCUT2D eigenvalue weighted by atomic mass is 9.93. The Morgan fingerprint density at radius 3 is 2.50 bits per heavy atom. The van der Waals surface area contributed by atoms with Crippen molar-refractivity contribution in [2.75, 3.05) is 0 Å². The lowest BCUT2D eigenvalue weighted by Gasteiger charge is -2.16. The molecular weight excluding hydrogens is 323 g/mol. The van der Waals surface area contributed by atoms with Crippen LogP contribution in [-0.2, 0) is 10.7 Å². The van der Waals surface area contributed by atoms with Crippen LogP contribution in [0.15, 0.2) is 18.2 Å². The summed E-state index contributed by atoms with van der Waals surface area (Å²) in [7, 11) is 0. The summed E-state index contributed by atoms with van der Waals surface area (Å²) in [6, 6.07) is 4.68. The molecule has 0 saturated carbocycles. The molecule has 0 fully saturated rings. The Hall–Kier alpha value is -0.910. The zero-order valence-corrected chi connectivity index (χ0v) is 11.9. The Balaban J connectivity index is 3.42. The first-order valence-corrected chi connectivity index (χ1v) is 6.62. The number of carbonyl (C=O) groups is 2. The van der Waals surface area contributed by atoms with Crippen molar-refractivity contribution in [3.63, 3.8) is 0 Å². The normalized spacial score (nSPS) is 14.0. The molecule has 1 aromatic rings. The highest BCUT2D eigenvalue weighted by Gasteiger charge is 2.26. The molecule has 0 heterocycles. The molecule has 4 nitrogen and oxygen atoms in total. The SMILES string of the molecule is CC(Br)C(=O)c1cccc(CCl)c1C(O)C(=O)O. The highest BCUT2D eigenvalue weighted by molar-refractivity contribution is 9.10. The molecule has 0 aromatic heterocycles. The van der Waals surface area contributed by atoms with Gasteiger partial charge in [0.25, 0.3) is 0 Å². The van der Waals surface area contributed by atoms with Gasteiger partial charge in [-0.2, -0.15) is 0 Å². The minimum Gasteiger partial charge on any atom is -0.479 e. The zero-order valence-electron chi connectivity index (χ0n) is 9.56. The summed E-state index contributed by atoms with van der Waals surface area (Å²) in [6.07, 6.45) is -1.76. The van der Waals surface area contributed by atoms with Crippen LogP contribution in [0.1, 0.15) is 34.5 Å². The fraction of sp³-hybridized carbons (Fsp3) is 0.333. The fourth-order valence-corrected chi connectivity index (χ4v) is 2.08. The van der Waals surface area contributed by atoms with E-state index < -0.39 is 16.9 Å². The van der Waals surface area contributed by atoms with Crippen LogP contribution in [0.4, 0.5) is 0 Å². The standard InChI is InChI=1S/C12H12BrClO4/c1-6(13)10(15)8-4-2-3-7(5-14)9(8)11(16)12(17)18/h2-4,6,11,16H,5H2,1H3,(H,17,18). The van der Waals surface area contributed by atoms with Crippen LogP contribution >= 0.6 is 27.5 Å². The first-order chi connectivity index (χ1) is 8.40. The maximum atomic E-state index is 12.0. The Kier molecular flexibility index (Phi) is 5.31. The third-order valence-electron chi connectivity index (χ3n) is 2.47. The zero-order chi connectivity index (χ0) is 13.9. The van der Waals surface area contributed by atoms with Crippen LogP contribution in [0, 0.1) is 0 Å². The van der Waals surface area contributed by atoms with Gasteiger partial charge in [-0.25, -0.2) is 4.79 Å². The van der Waals surface area contributed by atoms with Crippen molar-refractivity contribution < 1.29 is 19.8 Å². The third kappa shape index (κ3) is 3.10. The van der Waals surface area contributed by atoms with E-state index >= 15 is 0 Å². The van der Waals surface area contributed by atoms with Gasteiger partial charge < -0.3 is 10.2 Å². The Morgan fingerprint density at radius 2 is 2.06 bits per heavy atom. The number of carboxylic acids is 1. The molecule has 0 spiro atoms. The van der Waals surface area contributed by atoms with Crippen molar-refractivity contribution in [2.45, 2.75) is 23.7 Å². The van der Waals surface area contributed by atoms with Crippen molar-refractivity contribution in [1.82, 2.24) is 0 Å². The van der Waals surface area contributed by atoms with Crippen LogP contribution in [0.5, 0.6) is 0 Å². The molecule has 2 unspecified atom stereocenters. The number of halogens is 2. The highest BCUT2D eigenvalue weighted by Crippen LogP contribution is 2.26. The lowest BCUT2D eigenvalue weighted by molar-refractivity contribution is -0.147. The molecule has 0 aliphatic rings. The first-order valence-electron chi connectivity index (χ1n) is 5.17. The molecule has 1 rings (SSSR count). The van der Waals surface area contributed by atoms with Crippen molar-refractivity contribution in [3.8, 4) is 0 Å². The van der Waals surface area contributed by atoms with Crippen molar-refractivity contribution in [3.05, 3.63) is 34.9 Å². The predicted octanol–water partition coefficient (Wildman–Crippen LogP) is 2.51. The topological polar surface area (TPSA) is 74.6 Å². The van der Waals surface area contributed by atoms with Crippen LogP contribution in [-0.4, -0.2) is 26.8 Å². The number of alkyl halides is 2. The second-order valence-electron chi connectivity index (χ2n) is 3.73. The number of aliphatic carboxylic acids is 1. The summed E-state index contributed by atoms with van der Waals surface area (Å²) in [5.41, 5.74) is 0.675. The minimum absolute atomic E-state index is 0.0253.